The lowest BCUT2D eigenvalue weighted by Crippen LogP contribution is -2.31. The van der Waals surface area contributed by atoms with Gasteiger partial charge in [-0.05, 0) is 36.8 Å². The van der Waals surface area contributed by atoms with E-state index >= 15 is 0 Å². The first-order chi connectivity index (χ1) is 9.26. The fourth-order valence-electron chi connectivity index (χ4n) is 1.71. The molecule has 1 fully saturated rings. The summed E-state index contributed by atoms with van der Waals surface area (Å²) in [6.07, 6.45) is 3.46. The van der Waals surface area contributed by atoms with Crippen molar-refractivity contribution < 1.29 is 8.42 Å². The van der Waals surface area contributed by atoms with Crippen molar-refractivity contribution in [1.82, 2.24) is 10.0 Å². The van der Waals surface area contributed by atoms with Crippen LogP contribution in [0, 0.1) is 5.41 Å². The Balaban J connectivity index is 1.88. The highest BCUT2D eigenvalue weighted by atomic mass is 32.2. The molecule has 6 heteroatoms. The van der Waals surface area contributed by atoms with E-state index in [1.165, 1.54) is 24.2 Å². The molecule has 0 spiro atoms. The molecule has 4 nitrogen and oxygen atoms in total. The number of sulfonamides is 1. The fraction of sp³-hybridized carbons (Fsp3) is 0.714. The van der Waals surface area contributed by atoms with Gasteiger partial charge in [0.15, 0.2) is 0 Å². The SMILES string of the molecule is CC(C)(C)CNS(=O)(=O)c1ccc(CCNC2CC2)s1. The zero-order valence-corrected chi connectivity index (χ0v) is 14.0. The van der Waals surface area contributed by atoms with Crippen LogP contribution in [-0.4, -0.2) is 27.5 Å². The van der Waals surface area contributed by atoms with Crippen LogP contribution in [0.3, 0.4) is 0 Å². The Bertz CT molecular complexity index is 540. The maximum absolute atomic E-state index is 12.2. The third-order valence-corrected chi connectivity index (χ3v) is 6.11. The van der Waals surface area contributed by atoms with E-state index in [0.717, 1.165) is 17.8 Å². The summed E-state index contributed by atoms with van der Waals surface area (Å²) in [6, 6.07) is 4.33. The second kappa shape index (κ2) is 6.13. The lowest BCUT2D eigenvalue weighted by atomic mass is 9.98. The largest absolute Gasteiger partial charge is 0.314 e. The van der Waals surface area contributed by atoms with Gasteiger partial charge in [0.2, 0.25) is 10.0 Å². The average Bonchev–Trinajstić information content (AvgIpc) is 3.02. The van der Waals surface area contributed by atoms with Gasteiger partial charge in [-0.1, -0.05) is 20.8 Å². The van der Waals surface area contributed by atoms with Crippen molar-refractivity contribution >= 4 is 21.4 Å². The van der Waals surface area contributed by atoms with Gasteiger partial charge in [0.1, 0.15) is 4.21 Å². The summed E-state index contributed by atoms with van der Waals surface area (Å²) in [5, 5.41) is 3.44. The lowest BCUT2D eigenvalue weighted by Gasteiger charge is -2.18. The quantitative estimate of drug-likeness (QED) is 0.812. The van der Waals surface area contributed by atoms with Crippen molar-refractivity contribution in [2.24, 2.45) is 5.41 Å². The smallest absolute Gasteiger partial charge is 0.250 e. The van der Waals surface area contributed by atoms with Crippen molar-refractivity contribution in [1.29, 1.82) is 0 Å². The van der Waals surface area contributed by atoms with Gasteiger partial charge < -0.3 is 5.32 Å². The molecule has 2 rings (SSSR count). The third kappa shape index (κ3) is 5.16. The number of rotatable bonds is 7. The van der Waals surface area contributed by atoms with Crippen LogP contribution in [0.2, 0.25) is 0 Å². The second-order valence-corrected chi connectivity index (χ2v) is 9.75. The summed E-state index contributed by atoms with van der Waals surface area (Å²) >= 11 is 1.37. The van der Waals surface area contributed by atoms with Gasteiger partial charge >= 0.3 is 0 Å². The Kier molecular flexibility index (Phi) is 4.89. The molecule has 0 aromatic carbocycles. The molecule has 0 unspecified atom stereocenters. The summed E-state index contributed by atoms with van der Waals surface area (Å²) in [6.45, 7) is 7.42. The number of hydrogen-bond acceptors (Lipinski definition) is 4. The molecule has 0 aliphatic heterocycles. The Hall–Kier alpha value is -0.430. The molecule has 0 radical (unpaired) electrons. The lowest BCUT2D eigenvalue weighted by molar-refractivity contribution is 0.408. The van der Waals surface area contributed by atoms with Crippen molar-refractivity contribution in [3.05, 3.63) is 17.0 Å². The molecule has 1 heterocycles. The molecule has 1 aromatic heterocycles. The number of nitrogens with one attached hydrogen (secondary N) is 2. The third-order valence-electron chi connectivity index (χ3n) is 3.08. The minimum absolute atomic E-state index is 0.0542. The predicted molar refractivity (Wildman–Crippen MR) is 83.7 cm³/mol. The van der Waals surface area contributed by atoms with Crippen molar-refractivity contribution in [3.8, 4) is 0 Å². The molecule has 1 aliphatic rings. The van der Waals surface area contributed by atoms with Crippen LogP contribution >= 0.6 is 11.3 Å². The molecular formula is C14H24N2O2S2. The monoisotopic (exact) mass is 316 g/mol. The van der Waals surface area contributed by atoms with Gasteiger partial charge in [-0.15, -0.1) is 11.3 Å². The summed E-state index contributed by atoms with van der Waals surface area (Å²) < 4.78 is 27.4. The minimum Gasteiger partial charge on any atom is -0.314 e. The summed E-state index contributed by atoms with van der Waals surface area (Å²) in [4.78, 5) is 1.12. The molecule has 1 aromatic rings. The first-order valence-corrected chi connectivity index (χ1v) is 9.38. The Morgan fingerprint density at radius 3 is 2.60 bits per heavy atom. The van der Waals surface area contributed by atoms with Crippen molar-refractivity contribution in [2.75, 3.05) is 13.1 Å². The predicted octanol–water partition coefficient (Wildman–Crippen LogP) is 2.37. The Morgan fingerprint density at radius 2 is 2.00 bits per heavy atom. The summed E-state index contributed by atoms with van der Waals surface area (Å²) in [5.41, 5.74) is -0.0542. The van der Waals surface area contributed by atoms with Gasteiger partial charge in [-0.3, -0.25) is 0 Å². The molecular weight excluding hydrogens is 292 g/mol. The maximum Gasteiger partial charge on any atom is 0.250 e. The van der Waals surface area contributed by atoms with Crippen LogP contribution in [0.1, 0.15) is 38.5 Å². The highest BCUT2D eigenvalue weighted by Crippen LogP contribution is 2.23. The highest BCUT2D eigenvalue weighted by Gasteiger charge is 2.21. The van der Waals surface area contributed by atoms with Crippen LogP contribution in [0.5, 0.6) is 0 Å². The zero-order chi connectivity index (χ0) is 14.8. The number of hydrogen-bond donors (Lipinski definition) is 2. The van der Waals surface area contributed by atoms with E-state index in [2.05, 4.69) is 10.0 Å². The molecule has 0 saturated heterocycles. The topological polar surface area (TPSA) is 58.2 Å². The first kappa shape index (κ1) is 15.9. The second-order valence-electron chi connectivity index (χ2n) is 6.58. The van der Waals surface area contributed by atoms with Crippen LogP contribution in [-0.2, 0) is 16.4 Å². The molecule has 1 aliphatic carbocycles. The number of thiophene rings is 1. The van der Waals surface area contributed by atoms with E-state index in [0.29, 0.717) is 16.8 Å². The molecule has 114 valence electrons. The average molecular weight is 316 g/mol. The molecule has 20 heavy (non-hydrogen) atoms. The normalized spacial score (nSPS) is 16.6. The van der Waals surface area contributed by atoms with Crippen LogP contribution in [0.4, 0.5) is 0 Å². The van der Waals surface area contributed by atoms with E-state index in [9.17, 15) is 8.42 Å². The van der Waals surface area contributed by atoms with E-state index < -0.39 is 10.0 Å². The van der Waals surface area contributed by atoms with E-state index in [1.54, 1.807) is 6.07 Å². The van der Waals surface area contributed by atoms with Gasteiger partial charge in [0.25, 0.3) is 0 Å². The van der Waals surface area contributed by atoms with Gasteiger partial charge in [-0.2, -0.15) is 0 Å². The van der Waals surface area contributed by atoms with Crippen molar-refractivity contribution in [2.45, 2.75) is 50.3 Å². The van der Waals surface area contributed by atoms with Gasteiger partial charge in [0, 0.05) is 24.0 Å². The standard InChI is InChI=1S/C14H24N2O2S2/c1-14(2,3)10-16-20(17,18)13-7-6-12(19-13)8-9-15-11-4-5-11/h6-7,11,15-16H,4-5,8-10H2,1-3H3. The maximum atomic E-state index is 12.2. The molecule has 2 N–H and O–H groups in total. The Morgan fingerprint density at radius 1 is 1.30 bits per heavy atom. The van der Waals surface area contributed by atoms with Crippen LogP contribution in [0.15, 0.2) is 16.3 Å². The summed E-state index contributed by atoms with van der Waals surface area (Å²) in [7, 11) is -3.35. The molecule has 0 atom stereocenters. The van der Waals surface area contributed by atoms with E-state index in [4.69, 9.17) is 0 Å². The minimum atomic E-state index is -3.35. The fourth-order valence-corrected chi connectivity index (χ4v) is 4.39. The van der Waals surface area contributed by atoms with E-state index in [1.807, 2.05) is 26.8 Å². The van der Waals surface area contributed by atoms with E-state index in [-0.39, 0.29) is 5.41 Å². The van der Waals surface area contributed by atoms with Gasteiger partial charge in [-0.25, -0.2) is 13.1 Å². The zero-order valence-electron chi connectivity index (χ0n) is 12.4. The summed E-state index contributed by atoms with van der Waals surface area (Å²) in [5.74, 6) is 0. The Labute approximate surface area is 126 Å². The van der Waals surface area contributed by atoms with Crippen LogP contribution in [0.25, 0.3) is 0 Å². The molecule has 0 amide bonds. The van der Waals surface area contributed by atoms with Gasteiger partial charge in [0.05, 0.1) is 0 Å². The molecule has 1 saturated carbocycles. The highest BCUT2D eigenvalue weighted by molar-refractivity contribution is 7.91. The van der Waals surface area contributed by atoms with Crippen LogP contribution < -0.4 is 10.0 Å². The van der Waals surface area contributed by atoms with Crippen molar-refractivity contribution in [3.63, 3.8) is 0 Å². The molecule has 0 bridgehead atoms. The first-order valence-electron chi connectivity index (χ1n) is 7.08.